The van der Waals surface area contributed by atoms with Crippen LogP contribution in [-0.4, -0.2) is 38.9 Å². The number of benzene rings is 1. The van der Waals surface area contributed by atoms with Crippen LogP contribution in [0.15, 0.2) is 36.4 Å². The molecule has 1 unspecified atom stereocenters. The Bertz CT molecular complexity index is 1030. The van der Waals surface area contributed by atoms with Crippen molar-refractivity contribution in [2.45, 2.75) is 50.5 Å². The minimum Gasteiger partial charge on any atom is -0.492 e. The van der Waals surface area contributed by atoms with Crippen LogP contribution in [-0.2, 0) is 21.9 Å². The minimum atomic E-state index is -3.22. The van der Waals surface area contributed by atoms with Crippen LogP contribution in [0.25, 0.3) is 0 Å². The van der Waals surface area contributed by atoms with Gasteiger partial charge in [0, 0.05) is 18.0 Å². The van der Waals surface area contributed by atoms with Crippen LogP contribution < -0.4 is 14.8 Å². The normalized spacial score (nSPS) is 18.8. The lowest BCUT2D eigenvalue weighted by Gasteiger charge is -2.49. The Kier molecular flexibility index (Phi) is 10.3. The highest BCUT2D eigenvalue weighted by Crippen LogP contribution is 2.53. The van der Waals surface area contributed by atoms with E-state index in [1.54, 1.807) is 0 Å². The van der Waals surface area contributed by atoms with Gasteiger partial charge in [0.15, 0.2) is 0 Å². The van der Waals surface area contributed by atoms with Crippen molar-refractivity contribution in [1.82, 2.24) is 15.0 Å². The molecule has 1 atom stereocenters. The Morgan fingerprint density at radius 2 is 2.03 bits per heavy atom. The number of fused-ring (bicyclic) bond motifs is 1. The molecule has 184 valence electrons. The molecule has 0 amide bonds. The van der Waals surface area contributed by atoms with Crippen molar-refractivity contribution in [3.63, 3.8) is 0 Å². The summed E-state index contributed by atoms with van der Waals surface area (Å²) in [7, 11) is -3.22. The van der Waals surface area contributed by atoms with Gasteiger partial charge in [-0.25, -0.2) is 18.1 Å². The summed E-state index contributed by atoms with van der Waals surface area (Å²) in [6.45, 7) is 3.33. The summed E-state index contributed by atoms with van der Waals surface area (Å²) >= 11 is 6.22. The van der Waals surface area contributed by atoms with E-state index in [0.717, 1.165) is 37.3 Å². The molecule has 1 saturated carbocycles. The Balaban J connectivity index is 0.00000193. The summed E-state index contributed by atoms with van der Waals surface area (Å²) in [6.07, 6.45) is 4.89. The van der Waals surface area contributed by atoms with Gasteiger partial charge in [-0.05, 0) is 67.6 Å². The second kappa shape index (κ2) is 12.0. The van der Waals surface area contributed by atoms with Gasteiger partial charge in [-0.3, -0.25) is 0 Å². The molecule has 1 aromatic carbocycles. The second-order valence-electron chi connectivity index (χ2n) is 8.41. The van der Waals surface area contributed by atoms with E-state index in [1.807, 2.05) is 25.1 Å². The highest BCUT2D eigenvalue weighted by molar-refractivity contribution is 7.89. The second-order valence-corrected chi connectivity index (χ2v) is 10.7. The molecule has 2 aliphatic rings. The Morgan fingerprint density at radius 3 is 2.70 bits per heavy atom. The first-order valence-electron chi connectivity index (χ1n) is 11.0. The molecule has 0 spiro atoms. The third-order valence-electron chi connectivity index (χ3n) is 6.36. The van der Waals surface area contributed by atoms with Crippen LogP contribution >= 0.6 is 36.4 Å². The van der Waals surface area contributed by atoms with Crippen LogP contribution in [0.5, 0.6) is 5.75 Å². The van der Waals surface area contributed by atoms with Gasteiger partial charge in [-0.1, -0.05) is 37.1 Å². The predicted molar refractivity (Wildman–Crippen MR) is 138 cm³/mol. The molecule has 2 N–H and O–H groups in total. The van der Waals surface area contributed by atoms with Crippen molar-refractivity contribution < 1.29 is 13.2 Å². The van der Waals surface area contributed by atoms with Gasteiger partial charge in [0.1, 0.15) is 17.5 Å². The number of nitrogens with zero attached hydrogens (tertiary/aromatic N) is 1. The van der Waals surface area contributed by atoms with Crippen molar-refractivity contribution >= 4 is 46.4 Å². The Morgan fingerprint density at radius 1 is 1.24 bits per heavy atom. The van der Waals surface area contributed by atoms with E-state index in [9.17, 15) is 8.42 Å². The topological polar surface area (TPSA) is 80.3 Å². The first kappa shape index (κ1) is 28.1. The minimum absolute atomic E-state index is 0. The summed E-state index contributed by atoms with van der Waals surface area (Å²) in [6, 6.07) is 12.3. The van der Waals surface area contributed by atoms with Crippen molar-refractivity contribution in [3.8, 4) is 5.75 Å². The number of nitrogens with one attached hydrogen (secondary N) is 2. The van der Waals surface area contributed by atoms with Crippen molar-refractivity contribution in [1.29, 1.82) is 0 Å². The Labute approximate surface area is 214 Å². The molecule has 1 aliphatic heterocycles. The van der Waals surface area contributed by atoms with Gasteiger partial charge in [-0.15, -0.1) is 24.8 Å². The smallest absolute Gasteiger partial charge is 0.211 e. The van der Waals surface area contributed by atoms with Crippen molar-refractivity contribution in [2.24, 2.45) is 0 Å². The lowest BCUT2D eigenvalue weighted by Crippen LogP contribution is -2.49. The molecule has 2 aromatic rings. The maximum absolute atomic E-state index is 11.8. The van der Waals surface area contributed by atoms with E-state index in [1.165, 1.54) is 17.5 Å². The van der Waals surface area contributed by atoms with E-state index in [4.69, 9.17) is 16.3 Å². The van der Waals surface area contributed by atoms with Crippen LogP contribution in [0.1, 0.15) is 55.5 Å². The van der Waals surface area contributed by atoms with E-state index in [2.05, 4.69) is 33.2 Å². The van der Waals surface area contributed by atoms with Crippen LogP contribution in [0.2, 0.25) is 5.15 Å². The maximum atomic E-state index is 11.8. The van der Waals surface area contributed by atoms with Gasteiger partial charge in [0.2, 0.25) is 10.0 Å². The van der Waals surface area contributed by atoms with E-state index < -0.39 is 10.0 Å². The molecule has 2 heterocycles. The molecule has 0 saturated heterocycles. The fourth-order valence-electron chi connectivity index (χ4n) is 4.76. The third kappa shape index (κ3) is 6.32. The molecule has 1 aliphatic carbocycles. The standard InChI is InChI=1S/C23H30ClN3O3S.2ClH/c1-2-15-31(28,29)26-13-14-30-18-8-7-17-9-12-25-22(19(17)16-18)23(10-4-11-23)20-5-3-6-21(24)27-20;;/h3,5-8,16,22,25-26H,2,4,9-15H2,1H3;2*1H. The lowest BCUT2D eigenvalue weighted by atomic mass is 9.59. The molecule has 33 heavy (non-hydrogen) atoms. The number of aromatic nitrogens is 1. The van der Waals surface area contributed by atoms with Crippen molar-refractivity contribution in [2.75, 3.05) is 25.4 Å². The molecule has 0 radical (unpaired) electrons. The third-order valence-corrected chi connectivity index (χ3v) is 8.16. The van der Waals surface area contributed by atoms with Gasteiger partial charge in [-0.2, -0.15) is 0 Å². The first-order valence-corrected chi connectivity index (χ1v) is 13.1. The largest absolute Gasteiger partial charge is 0.492 e. The first-order chi connectivity index (χ1) is 14.9. The highest BCUT2D eigenvalue weighted by Gasteiger charge is 2.48. The molecule has 0 bridgehead atoms. The lowest BCUT2D eigenvalue weighted by molar-refractivity contribution is 0.159. The number of sulfonamides is 1. The summed E-state index contributed by atoms with van der Waals surface area (Å²) in [5, 5.41) is 4.26. The molecule has 1 aromatic heterocycles. The van der Waals surface area contributed by atoms with Gasteiger partial charge in [0.25, 0.3) is 0 Å². The average Bonchev–Trinajstić information content (AvgIpc) is 2.71. The van der Waals surface area contributed by atoms with Crippen LogP contribution in [0.3, 0.4) is 0 Å². The van der Waals surface area contributed by atoms with Gasteiger partial charge in [0.05, 0.1) is 11.4 Å². The maximum Gasteiger partial charge on any atom is 0.211 e. The molecule has 1 fully saturated rings. The van der Waals surface area contributed by atoms with Crippen LogP contribution in [0, 0.1) is 0 Å². The van der Waals surface area contributed by atoms with Crippen LogP contribution in [0.4, 0.5) is 0 Å². The number of pyridine rings is 1. The van der Waals surface area contributed by atoms with Gasteiger partial charge < -0.3 is 10.1 Å². The predicted octanol–water partition coefficient (Wildman–Crippen LogP) is 4.60. The molecule has 10 heteroatoms. The zero-order valence-corrected chi connectivity index (χ0v) is 21.9. The fourth-order valence-corrected chi connectivity index (χ4v) is 6.00. The average molecular weight is 537 g/mol. The number of rotatable bonds is 9. The zero-order chi connectivity index (χ0) is 21.9. The van der Waals surface area contributed by atoms with E-state index in [0.29, 0.717) is 18.2 Å². The molecular weight excluding hydrogens is 505 g/mol. The SMILES string of the molecule is CCCS(=O)(=O)NCCOc1ccc2c(c1)C(C1(c3cccc(Cl)n3)CCC1)NCC2.Cl.Cl. The quantitative estimate of drug-likeness (QED) is 0.362. The zero-order valence-electron chi connectivity index (χ0n) is 18.7. The Hall–Kier alpha value is -1.09. The summed E-state index contributed by atoms with van der Waals surface area (Å²) in [5.41, 5.74) is 3.56. The number of hydrogen-bond acceptors (Lipinski definition) is 5. The highest BCUT2D eigenvalue weighted by atomic mass is 35.5. The number of ether oxygens (including phenoxy) is 1. The molecule has 4 rings (SSSR count). The summed E-state index contributed by atoms with van der Waals surface area (Å²) in [4.78, 5) is 4.67. The van der Waals surface area contributed by atoms with Gasteiger partial charge >= 0.3 is 0 Å². The summed E-state index contributed by atoms with van der Waals surface area (Å²) in [5.74, 6) is 0.898. The molecular formula is C23H32Cl3N3O3S. The fraction of sp³-hybridized carbons (Fsp3) is 0.522. The number of hydrogen-bond donors (Lipinski definition) is 2. The monoisotopic (exact) mass is 535 g/mol. The van der Waals surface area contributed by atoms with Crippen molar-refractivity contribution in [3.05, 3.63) is 58.4 Å². The van der Waals surface area contributed by atoms with E-state index >= 15 is 0 Å². The van der Waals surface area contributed by atoms with E-state index in [-0.39, 0.29) is 48.6 Å². The number of halogens is 3. The molecule has 6 nitrogen and oxygen atoms in total. The summed E-state index contributed by atoms with van der Waals surface area (Å²) < 4.78 is 32.1.